The predicted octanol–water partition coefficient (Wildman–Crippen LogP) is 3.30. The van der Waals surface area contributed by atoms with Gasteiger partial charge in [0.25, 0.3) is 0 Å². The predicted molar refractivity (Wildman–Crippen MR) is 68.4 cm³/mol. The van der Waals surface area contributed by atoms with E-state index in [1.54, 1.807) is 13.3 Å². The minimum atomic E-state index is 0.00331. The summed E-state index contributed by atoms with van der Waals surface area (Å²) in [5.41, 5.74) is 0.00331. The van der Waals surface area contributed by atoms with Crippen molar-refractivity contribution >= 4 is 17.4 Å². The number of alkyl halides is 1. The van der Waals surface area contributed by atoms with Crippen molar-refractivity contribution in [1.29, 1.82) is 0 Å². The molecular formula is C12H19ClN2O. The van der Waals surface area contributed by atoms with E-state index in [4.69, 9.17) is 16.3 Å². The number of halogens is 1. The summed E-state index contributed by atoms with van der Waals surface area (Å²) >= 11 is 5.80. The summed E-state index contributed by atoms with van der Waals surface area (Å²) in [5.74, 6) is 2.27. The zero-order chi connectivity index (χ0) is 12.0. The van der Waals surface area contributed by atoms with Crippen molar-refractivity contribution in [3.05, 3.63) is 18.3 Å². The molecule has 1 aromatic heterocycles. The number of hydrogen-bond acceptors (Lipinski definition) is 3. The molecule has 90 valence electrons. The third-order valence-corrected chi connectivity index (χ3v) is 3.02. The maximum absolute atomic E-state index is 5.80. The highest BCUT2D eigenvalue weighted by Crippen LogP contribution is 2.22. The van der Waals surface area contributed by atoms with Crippen molar-refractivity contribution in [2.75, 3.05) is 18.3 Å². The van der Waals surface area contributed by atoms with Crippen LogP contribution in [-0.4, -0.2) is 23.5 Å². The van der Waals surface area contributed by atoms with Gasteiger partial charge in [0.2, 0.25) is 0 Å². The Morgan fingerprint density at radius 2 is 2.25 bits per heavy atom. The van der Waals surface area contributed by atoms with Crippen molar-refractivity contribution in [3.8, 4) is 5.75 Å². The minimum Gasteiger partial charge on any atom is -0.495 e. The lowest BCUT2D eigenvalue weighted by Crippen LogP contribution is -2.34. The second-order valence-electron chi connectivity index (χ2n) is 4.06. The molecule has 1 rings (SSSR count). The molecule has 0 aliphatic carbocycles. The molecule has 4 heteroatoms. The van der Waals surface area contributed by atoms with Crippen molar-refractivity contribution in [2.45, 2.75) is 32.2 Å². The van der Waals surface area contributed by atoms with Crippen molar-refractivity contribution in [2.24, 2.45) is 0 Å². The molecule has 1 heterocycles. The summed E-state index contributed by atoms with van der Waals surface area (Å²) in [6, 6.07) is 3.81. The molecule has 1 unspecified atom stereocenters. The number of rotatable bonds is 6. The third kappa shape index (κ3) is 3.56. The smallest absolute Gasteiger partial charge is 0.137 e. The Morgan fingerprint density at radius 3 is 2.69 bits per heavy atom. The highest BCUT2D eigenvalue weighted by atomic mass is 35.5. The Bertz CT molecular complexity index is 315. The number of ether oxygens (including phenoxy) is 1. The highest BCUT2D eigenvalue weighted by molar-refractivity contribution is 6.17. The zero-order valence-electron chi connectivity index (χ0n) is 10.1. The van der Waals surface area contributed by atoms with Crippen LogP contribution in [0, 0.1) is 0 Å². The van der Waals surface area contributed by atoms with Crippen molar-refractivity contribution < 1.29 is 4.74 Å². The topological polar surface area (TPSA) is 34.1 Å². The van der Waals surface area contributed by atoms with Gasteiger partial charge in [-0.2, -0.15) is 0 Å². The second kappa shape index (κ2) is 5.94. The quantitative estimate of drug-likeness (QED) is 0.778. The van der Waals surface area contributed by atoms with Crippen LogP contribution in [0.15, 0.2) is 18.3 Å². The van der Waals surface area contributed by atoms with E-state index in [0.717, 1.165) is 24.4 Å². The molecule has 3 nitrogen and oxygen atoms in total. The summed E-state index contributed by atoms with van der Waals surface area (Å²) in [4.78, 5) is 4.29. The van der Waals surface area contributed by atoms with Gasteiger partial charge in [-0.15, -0.1) is 11.6 Å². The summed E-state index contributed by atoms with van der Waals surface area (Å²) in [5, 5.41) is 3.41. The average molecular weight is 243 g/mol. The lowest BCUT2D eigenvalue weighted by Gasteiger charge is -2.29. The number of methoxy groups -OCH3 is 1. The molecule has 0 bridgehead atoms. The molecule has 0 amide bonds. The average Bonchev–Trinajstić information content (AvgIpc) is 2.30. The van der Waals surface area contributed by atoms with E-state index in [2.05, 4.69) is 24.1 Å². The summed E-state index contributed by atoms with van der Waals surface area (Å²) in [6.45, 7) is 4.30. The SMILES string of the molecule is CCC(C)(CCCl)Nc1ccc(OC)cn1. The molecule has 0 fully saturated rings. The van der Waals surface area contributed by atoms with E-state index in [1.807, 2.05) is 12.1 Å². The van der Waals surface area contributed by atoms with E-state index >= 15 is 0 Å². The molecule has 1 N–H and O–H groups in total. The third-order valence-electron chi connectivity index (χ3n) is 2.83. The molecule has 0 aliphatic heterocycles. The fourth-order valence-electron chi connectivity index (χ4n) is 1.42. The van der Waals surface area contributed by atoms with E-state index in [-0.39, 0.29) is 5.54 Å². The van der Waals surface area contributed by atoms with Gasteiger partial charge in [0.15, 0.2) is 0 Å². The van der Waals surface area contributed by atoms with Gasteiger partial charge in [0, 0.05) is 11.4 Å². The van der Waals surface area contributed by atoms with E-state index in [9.17, 15) is 0 Å². The van der Waals surface area contributed by atoms with E-state index < -0.39 is 0 Å². The van der Waals surface area contributed by atoms with Gasteiger partial charge in [0.1, 0.15) is 11.6 Å². The molecular weight excluding hydrogens is 224 g/mol. The van der Waals surface area contributed by atoms with Crippen LogP contribution in [0.1, 0.15) is 26.7 Å². The first kappa shape index (κ1) is 13.1. The van der Waals surface area contributed by atoms with E-state index in [0.29, 0.717) is 5.88 Å². The van der Waals surface area contributed by atoms with Crippen molar-refractivity contribution in [1.82, 2.24) is 4.98 Å². The Balaban J connectivity index is 2.70. The lowest BCUT2D eigenvalue weighted by molar-refractivity contribution is 0.412. The van der Waals surface area contributed by atoms with Crippen LogP contribution >= 0.6 is 11.6 Å². The van der Waals surface area contributed by atoms with Crippen LogP contribution in [0.2, 0.25) is 0 Å². The second-order valence-corrected chi connectivity index (χ2v) is 4.44. The van der Waals surface area contributed by atoms with Crippen LogP contribution in [0.3, 0.4) is 0 Å². The van der Waals surface area contributed by atoms with Gasteiger partial charge in [0.05, 0.1) is 13.3 Å². The molecule has 0 saturated carbocycles. The highest BCUT2D eigenvalue weighted by Gasteiger charge is 2.21. The summed E-state index contributed by atoms with van der Waals surface area (Å²) < 4.78 is 5.06. The van der Waals surface area contributed by atoms with Gasteiger partial charge in [-0.3, -0.25) is 0 Å². The summed E-state index contributed by atoms with van der Waals surface area (Å²) in [7, 11) is 1.63. The van der Waals surface area contributed by atoms with Gasteiger partial charge >= 0.3 is 0 Å². The number of hydrogen-bond donors (Lipinski definition) is 1. The zero-order valence-corrected chi connectivity index (χ0v) is 10.8. The van der Waals surface area contributed by atoms with Crippen molar-refractivity contribution in [3.63, 3.8) is 0 Å². The molecule has 0 radical (unpaired) electrons. The van der Waals surface area contributed by atoms with Crippen LogP contribution < -0.4 is 10.1 Å². The Labute approximate surface area is 102 Å². The van der Waals surface area contributed by atoms with Gasteiger partial charge in [-0.25, -0.2) is 4.98 Å². The van der Waals surface area contributed by atoms with Gasteiger partial charge in [-0.05, 0) is 31.9 Å². The monoisotopic (exact) mass is 242 g/mol. The molecule has 16 heavy (non-hydrogen) atoms. The molecule has 0 saturated heterocycles. The van der Waals surface area contributed by atoms with Gasteiger partial charge < -0.3 is 10.1 Å². The first-order valence-electron chi connectivity index (χ1n) is 5.48. The Morgan fingerprint density at radius 1 is 1.50 bits per heavy atom. The van der Waals surface area contributed by atoms with Crippen LogP contribution in [-0.2, 0) is 0 Å². The fourth-order valence-corrected chi connectivity index (χ4v) is 1.84. The van der Waals surface area contributed by atoms with E-state index in [1.165, 1.54) is 0 Å². The first-order valence-corrected chi connectivity index (χ1v) is 6.01. The fraction of sp³-hybridized carbons (Fsp3) is 0.583. The number of pyridine rings is 1. The van der Waals surface area contributed by atoms with Crippen LogP contribution in [0.5, 0.6) is 5.75 Å². The maximum Gasteiger partial charge on any atom is 0.137 e. The largest absolute Gasteiger partial charge is 0.495 e. The molecule has 1 aromatic rings. The molecule has 1 atom stereocenters. The lowest BCUT2D eigenvalue weighted by atomic mass is 9.95. The molecule has 0 aliphatic rings. The number of aromatic nitrogens is 1. The maximum atomic E-state index is 5.80. The number of nitrogens with zero attached hydrogens (tertiary/aromatic N) is 1. The Hall–Kier alpha value is -0.960. The summed E-state index contributed by atoms with van der Waals surface area (Å²) in [6.07, 6.45) is 3.63. The normalized spacial score (nSPS) is 14.2. The Kier molecular flexibility index (Phi) is 4.87. The van der Waals surface area contributed by atoms with Crippen LogP contribution in [0.25, 0.3) is 0 Å². The first-order chi connectivity index (χ1) is 7.63. The number of nitrogens with one attached hydrogen (secondary N) is 1. The standard InChI is InChI=1S/C12H19ClN2O/c1-4-12(2,7-8-13)15-11-6-5-10(16-3)9-14-11/h5-6,9H,4,7-8H2,1-3H3,(H,14,15). The molecule has 0 aromatic carbocycles. The number of anilines is 1. The minimum absolute atomic E-state index is 0.00331. The van der Waals surface area contributed by atoms with Crippen LogP contribution in [0.4, 0.5) is 5.82 Å². The molecule has 0 spiro atoms. The van der Waals surface area contributed by atoms with Gasteiger partial charge in [-0.1, -0.05) is 6.92 Å².